The quantitative estimate of drug-likeness (QED) is 0.0549. The number of carboxylic acid groups (broad SMARTS) is 1. The van der Waals surface area contributed by atoms with E-state index in [0.29, 0.717) is 29.9 Å². The Kier molecular flexibility index (Phi) is 15.0. The Morgan fingerprint density at radius 1 is 0.870 bits per heavy atom. The van der Waals surface area contributed by atoms with Crippen LogP contribution in [0.15, 0.2) is 41.2 Å². The summed E-state index contributed by atoms with van der Waals surface area (Å²) in [6, 6.07) is 11.4. The normalized spacial score (nSPS) is 16.4. The van der Waals surface area contributed by atoms with Gasteiger partial charge in [-0.1, -0.05) is 122 Å². The summed E-state index contributed by atoms with van der Waals surface area (Å²) in [5, 5.41) is 10.7. The zero-order valence-electron chi connectivity index (χ0n) is 32.3. The molecule has 5 rings (SSSR count). The number of esters is 2. The summed E-state index contributed by atoms with van der Waals surface area (Å²) in [6.45, 7) is 4.05. The van der Waals surface area contributed by atoms with Crippen molar-refractivity contribution in [1.82, 2.24) is 9.55 Å². The van der Waals surface area contributed by atoms with E-state index in [2.05, 4.69) is 6.92 Å². The van der Waals surface area contributed by atoms with Gasteiger partial charge in [-0.05, 0) is 37.5 Å². The molecule has 2 aliphatic heterocycles. The number of cyclic esters (lactones) is 1. The van der Waals surface area contributed by atoms with E-state index in [-0.39, 0.29) is 55.6 Å². The Morgan fingerprint density at radius 3 is 2.17 bits per heavy atom. The summed E-state index contributed by atoms with van der Waals surface area (Å²) in [5.41, 5.74) is 1.29. The zero-order valence-corrected chi connectivity index (χ0v) is 32.3. The summed E-state index contributed by atoms with van der Waals surface area (Å²) in [7, 11) is 0. The number of rotatable bonds is 24. The Hall–Kier alpha value is -4.34. The first kappa shape index (κ1) is 40.8. The zero-order chi connectivity index (χ0) is 38.5. The first-order valence-corrected chi connectivity index (χ1v) is 20.5. The van der Waals surface area contributed by atoms with Crippen molar-refractivity contribution in [3.63, 3.8) is 0 Å². The number of aliphatic carboxylic acids is 1. The number of para-hydroxylation sites is 1. The van der Waals surface area contributed by atoms with Gasteiger partial charge in [0, 0.05) is 35.8 Å². The van der Waals surface area contributed by atoms with Crippen LogP contribution >= 0.6 is 0 Å². The number of pyridine rings is 2. The number of benzene rings is 1. The van der Waals surface area contributed by atoms with Crippen LogP contribution < -0.4 is 5.56 Å². The van der Waals surface area contributed by atoms with E-state index in [9.17, 15) is 29.1 Å². The molecule has 0 amide bonds. The van der Waals surface area contributed by atoms with Gasteiger partial charge in [0.25, 0.3) is 5.56 Å². The molecular formula is C44H58N2O8. The van der Waals surface area contributed by atoms with Crippen molar-refractivity contribution >= 4 is 34.6 Å². The second-order valence-corrected chi connectivity index (χ2v) is 15.2. The van der Waals surface area contributed by atoms with Crippen LogP contribution in [0.2, 0.25) is 0 Å². The molecule has 292 valence electrons. The molecule has 0 radical (unpaired) electrons. The van der Waals surface area contributed by atoms with Crippen LogP contribution in [-0.4, -0.2) is 38.3 Å². The van der Waals surface area contributed by atoms with Gasteiger partial charge in [0.15, 0.2) is 0 Å². The van der Waals surface area contributed by atoms with Gasteiger partial charge in [-0.25, -0.2) is 9.78 Å². The average molecular weight is 743 g/mol. The van der Waals surface area contributed by atoms with Crippen LogP contribution in [0.25, 0.3) is 22.3 Å². The Morgan fingerprint density at radius 2 is 1.52 bits per heavy atom. The number of ether oxygens (including phenoxy) is 2. The van der Waals surface area contributed by atoms with Gasteiger partial charge >= 0.3 is 17.9 Å². The van der Waals surface area contributed by atoms with Crippen molar-refractivity contribution in [2.45, 2.75) is 161 Å². The number of unbranched alkanes of at least 4 members (excludes halogenated alkanes) is 13. The number of carboxylic acids is 1. The summed E-state index contributed by atoms with van der Waals surface area (Å²) in [6.07, 6.45) is 17.6. The van der Waals surface area contributed by atoms with Gasteiger partial charge in [-0.15, -0.1) is 0 Å². The Balaban J connectivity index is 1.07. The van der Waals surface area contributed by atoms with Crippen molar-refractivity contribution in [1.29, 1.82) is 0 Å². The molecule has 10 heteroatoms. The van der Waals surface area contributed by atoms with E-state index in [1.807, 2.05) is 30.3 Å². The number of hydrogen-bond acceptors (Lipinski definition) is 8. The predicted octanol–water partition coefficient (Wildman–Crippen LogP) is 9.33. The maximum Gasteiger partial charge on any atom is 0.355 e. The fraction of sp³-hybridized carbons (Fsp3) is 0.591. The van der Waals surface area contributed by atoms with Crippen molar-refractivity contribution in [3.8, 4) is 11.4 Å². The number of aromatic nitrogens is 2. The molecule has 1 aromatic carbocycles. The molecule has 3 aromatic rings. The molecule has 54 heavy (non-hydrogen) atoms. The largest absolute Gasteiger partial charge is 0.481 e. The molecule has 0 saturated heterocycles. The van der Waals surface area contributed by atoms with E-state index in [0.717, 1.165) is 42.1 Å². The molecule has 2 aromatic heterocycles. The third-order valence-corrected chi connectivity index (χ3v) is 11.2. The lowest BCUT2D eigenvalue weighted by atomic mass is 9.85. The summed E-state index contributed by atoms with van der Waals surface area (Å²) >= 11 is 0. The van der Waals surface area contributed by atoms with Crippen molar-refractivity contribution < 1.29 is 33.8 Å². The number of Topliss-reactive ketones (excluding diaryl/α,β-unsaturated/α-hetero) is 1. The number of hydrogen-bond donors (Lipinski definition) is 1. The second kappa shape index (κ2) is 19.8. The fourth-order valence-corrected chi connectivity index (χ4v) is 8.03. The first-order chi connectivity index (χ1) is 26.2. The molecule has 0 saturated carbocycles. The van der Waals surface area contributed by atoms with Crippen LogP contribution in [0.5, 0.6) is 0 Å². The highest BCUT2D eigenvalue weighted by Gasteiger charge is 2.50. The lowest BCUT2D eigenvalue weighted by molar-refractivity contribution is -0.189. The van der Waals surface area contributed by atoms with Crippen molar-refractivity contribution in [2.24, 2.45) is 5.92 Å². The molecule has 4 heterocycles. The van der Waals surface area contributed by atoms with Gasteiger partial charge in [0.1, 0.15) is 12.4 Å². The van der Waals surface area contributed by atoms with Crippen LogP contribution in [0.1, 0.15) is 159 Å². The van der Waals surface area contributed by atoms with Gasteiger partial charge in [-0.2, -0.15) is 0 Å². The van der Waals surface area contributed by atoms with E-state index >= 15 is 0 Å². The third kappa shape index (κ3) is 10.0. The molecule has 10 nitrogen and oxygen atoms in total. The van der Waals surface area contributed by atoms with Crippen molar-refractivity contribution in [3.05, 3.63) is 63.4 Å². The van der Waals surface area contributed by atoms with Crippen LogP contribution in [0.4, 0.5) is 0 Å². The number of fused-ring (bicyclic) bond motifs is 5. The summed E-state index contributed by atoms with van der Waals surface area (Å²) < 4.78 is 12.9. The van der Waals surface area contributed by atoms with Gasteiger partial charge in [-0.3, -0.25) is 19.2 Å². The second-order valence-electron chi connectivity index (χ2n) is 15.2. The molecular weight excluding hydrogens is 684 g/mol. The first-order valence-electron chi connectivity index (χ1n) is 20.5. The van der Waals surface area contributed by atoms with Crippen LogP contribution in [0, 0.1) is 5.92 Å². The van der Waals surface area contributed by atoms with Crippen molar-refractivity contribution in [2.75, 3.05) is 0 Å². The molecule has 1 N–H and O–H groups in total. The standard InChI is InChI=1S/C44H58N2O8/c1-3-5-6-7-8-9-10-11-12-13-14-15-16-17-22-32(42(50)51)27-34(47)23-20-25-39(48)54-44(4-2)36-28-38-40-33(26-31-21-18-19-24-37(31)45-40)29-46(38)41(49)35(36)30-53-43(44)52/h18-19,21,24,26,28,32H,3-17,20,22-23,25,27,29-30H2,1-2H3,(H,50,51)/t32?,44-/m0/s1. The van der Waals surface area contributed by atoms with Gasteiger partial charge in [0.05, 0.1) is 34.9 Å². The fourth-order valence-electron chi connectivity index (χ4n) is 8.03. The van der Waals surface area contributed by atoms with E-state index in [1.54, 1.807) is 17.6 Å². The average Bonchev–Trinajstić information content (AvgIpc) is 3.52. The predicted molar refractivity (Wildman–Crippen MR) is 208 cm³/mol. The number of carbonyl (C=O) groups excluding carboxylic acids is 3. The van der Waals surface area contributed by atoms with Gasteiger partial charge in [0.2, 0.25) is 5.60 Å². The summed E-state index contributed by atoms with van der Waals surface area (Å²) in [5.74, 6) is -3.36. The highest BCUT2D eigenvalue weighted by atomic mass is 16.6. The SMILES string of the molecule is CCCCCCCCCCCCCCCCC(CC(=O)CCCC(=O)O[C@]1(CC)C(=O)OCc2c1cc1n(c2=O)Cc2cc3ccccc3nc2-1)C(=O)O. The van der Waals surface area contributed by atoms with Crippen LogP contribution in [-0.2, 0) is 47.4 Å². The molecule has 2 aliphatic rings. The Labute approximate surface area is 319 Å². The lowest BCUT2D eigenvalue weighted by Crippen LogP contribution is -2.47. The lowest BCUT2D eigenvalue weighted by Gasteiger charge is -2.35. The molecule has 2 atom stereocenters. The number of carbonyl (C=O) groups is 4. The summed E-state index contributed by atoms with van der Waals surface area (Å²) in [4.78, 5) is 69.9. The Bertz CT molecular complexity index is 1850. The molecule has 0 fully saturated rings. The topological polar surface area (TPSA) is 142 Å². The van der Waals surface area contributed by atoms with E-state index in [4.69, 9.17) is 14.5 Å². The van der Waals surface area contributed by atoms with E-state index < -0.39 is 29.4 Å². The smallest absolute Gasteiger partial charge is 0.355 e. The van der Waals surface area contributed by atoms with Crippen LogP contribution in [0.3, 0.4) is 0 Å². The minimum atomic E-state index is -1.81. The highest BCUT2D eigenvalue weighted by Crippen LogP contribution is 2.41. The molecule has 0 aliphatic carbocycles. The molecule has 0 spiro atoms. The molecule has 1 unspecified atom stereocenters. The monoisotopic (exact) mass is 742 g/mol. The minimum absolute atomic E-state index is 0.0308. The number of ketones is 1. The van der Waals surface area contributed by atoms with Gasteiger partial charge < -0.3 is 19.1 Å². The van der Waals surface area contributed by atoms with E-state index in [1.165, 1.54) is 64.2 Å². The molecule has 0 bridgehead atoms. The maximum absolute atomic E-state index is 13.8. The minimum Gasteiger partial charge on any atom is -0.481 e. The maximum atomic E-state index is 13.8. The number of nitrogens with zero attached hydrogens (tertiary/aromatic N) is 2. The highest BCUT2D eigenvalue weighted by molar-refractivity contribution is 5.89. The third-order valence-electron chi connectivity index (χ3n) is 11.2.